The number of carbonyl (C=O) groups excluding carboxylic acids is 2. The van der Waals surface area contributed by atoms with Crippen molar-refractivity contribution < 1.29 is 38.0 Å². The van der Waals surface area contributed by atoms with Gasteiger partial charge in [0.2, 0.25) is 11.4 Å². The molecule has 0 aliphatic carbocycles. The predicted molar refractivity (Wildman–Crippen MR) is 148 cm³/mol. The molecule has 5 rings (SSSR count). The zero-order valence-electron chi connectivity index (χ0n) is 23.5. The van der Waals surface area contributed by atoms with Gasteiger partial charge in [-0.2, -0.15) is 0 Å². The number of Topliss-reactive ketones (excluding diaryl/α,β-unsaturated/α-hetero) is 1. The van der Waals surface area contributed by atoms with Gasteiger partial charge in [0.15, 0.2) is 0 Å². The van der Waals surface area contributed by atoms with Gasteiger partial charge in [-0.25, -0.2) is 0 Å². The number of aryl methyl sites for hydroxylation is 1. The van der Waals surface area contributed by atoms with E-state index in [-0.39, 0.29) is 37.3 Å². The summed E-state index contributed by atoms with van der Waals surface area (Å²) in [6, 6.07) is 15.7. The Morgan fingerprint density at radius 1 is 0.975 bits per heavy atom. The first-order valence-corrected chi connectivity index (χ1v) is 13.2. The van der Waals surface area contributed by atoms with E-state index in [1.54, 1.807) is 14.2 Å². The van der Waals surface area contributed by atoms with Gasteiger partial charge in [0.05, 0.1) is 38.9 Å². The number of esters is 1. The van der Waals surface area contributed by atoms with Gasteiger partial charge in [-0.1, -0.05) is 24.3 Å². The lowest BCUT2D eigenvalue weighted by Crippen LogP contribution is -2.48. The van der Waals surface area contributed by atoms with E-state index in [1.165, 1.54) is 7.11 Å². The van der Waals surface area contributed by atoms with Crippen molar-refractivity contribution in [3.8, 4) is 28.4 Å². The van der Waals surface area contributed by atoms with Crippen LogP contribution in [0.1, 0.15) is 45.0 Å². The molecule has 0 saturated carbocycles. The zero-order valence-corrected chi connectivity index (χ0v) is 23.5. The monoisotopic (exact) mass is 546 g/mol. The van der Waals surface area contributed by atoms with Crippen LogP contribution in [0.5, 0.6) is 17.2 Å². The molecule has 0 spiro atoms. The lowest BCUT2D eigenvalue weighted by molar-refractivity contribution is -0.141. The molecule has 8 heteroatoms. The largest absolute Gasteiger partial charge is 0.492 e. The number of carbonyl (C=O) groups is 2. The van der Waals surface area contributed by atoms with Crippen molar-refractivity contribution in [2.45, 2.75) is 38.4 Å². The predicted octanol–water partition coefficient (Wildman–Crippen LogP) is 5.20. The fraction of sp³-hybridized carbons (Fsp3) is 0.375. The fourth-order valence-electron chi connectivity index (χ4n) is 5.72. The molecule has 40 heavy (non-hydrogen) atoms. The number of ketones is 1. The summed E-state index contributed by atoms with van der Waals surface area (Å²) in [6.07, 6.45) is 0.287. The van der Waals surface area contributed by atoms with Crippen LogP contribution in [0.15, 0.2) is 48.5 Å². The molecule has 3 aromatic carbocycles. The molecular weight excluding hydrogens is 512 g/mol. The van der Waals surface area contributed by atoms with Crippen molar-refractivity contribution in [3.63, 3.8) is 0 Å². The summed E-state index contributed by atoms with van der Waals surface area (Å²) < 4.78 is 33.5. The number of hydrogen-bond donors (Lipinski definition) is 0. The second-order valence-corrected chi connectivity index (χ2v) is 10.3. The topological polar surface area (TPSA) is 89.5 Å². The molecule has 1 atom stereocenters. The molecule has 0 amide bonds. The third-order valence-electron chi connectivity index (χ3n) is 7.57. The summed E-state index contributed by atoms with van der Waals surface area (Å²) in [7, 11) is 4.49. The van der Waals surface area contributed by atoms with E-state index in [0.29, 0.717) is 30.3 Å². The van der Waals surface area contributed by atoms with Crippen molar-refractivity contribution in [1.82, 2.24) is 0 Å². The van der Waals surface area contributed by atoms with Crippen molar-refractivity contribution in [2.75, 3.05) is 41.2 Å². The minimum atomic E-state index is -1.18. The maximum absolute atomic E-state index is 13.6. The zero-order chi connectivity index (χ0) is 28.4. The Balaban J connectivity index is 1.36. The van der Waals surface area contributed by atoms with Gasteiger partial charge in [-0.3, -0.25) is 9.59 Å². The molecule has 8 nitrogen and oxygen atoms in total. The number of rotatable bonds is 10. The Hall–Kier alpha value is -3.88. The summed E-state index contributed by atoms with van der Waals surface area (Å²) in [4.78, 5) is 25.3. The molecule has 2 aliphatic rings. The van der Waals surface area contributed by atoms with Crippen molar-refractivity contribution in [2.24, 2.45) is 0 Å². The van der Waals surface area contributed by atoms with Crippen LogP contribution in [-0.2, 0) is 25.6 Å². The Kier molecular flexibility index (Phi) is 7.83. The lowest BCUT2D eigenvalue weighted by Gasteiger charge is -2.25. The first kappa shape index (κ1) is 27.7. The molecule has 0 N–H and O–H groups in total. The van der Waals surface area contributed by atoms with Crippen LogP contribution in [0.4, 0.5) is 0 Å². The smallest absolute Gasteiger partial charge is 0.306 e. The summed E-state index contributed by atoms with van der Waals surface area (Å²) in [5.41, 5.74) is 5.21. The van der Waals surface area contributed by atoms with Crippen molar-refractivity contribution in [3.05, 3.63) is 76.3 Å². The SMILES string of the molecule is COCC1(COC)Oc2cc(C)c(-c3cccc(COc4ccc5c(c4)OCC5CC(=O)OC)c3)c(C)c2C1=O. The maximum Gasteiger partial charge on any atom is 0.306 e. The van der Waals surface area contributed by atoms with Crippen molar-refractivity contribution >= 4 is 11.8 Å². The summed E-state index contributed by atoms with van der Waals surface area (Å²) in [5, 5.41) is 0. The van der Waals surface area contributed by atoms with E-state index in [9.17, 15) is 9.59 Å². The van der Waals surface area contributed by atoms with Crippen LogP contribution in [0.2, 0.25) is 0 Å². The van der Waals surface area contributed by atoms with Crippen LogP contribution in [0.25, 0.3) is 11.1 Å². The normalized spacial score (nSPS) is 16.6. The van der Waals surface area contributed by atoms with Crippen LogP contribution < -0.4 is 14.2 Å². The molecular formula is C32H34O8. The molecule has 0 fully saturated rings. The highest BCUT2D eigenvalue weighted by molar-refractivity contribution is 6.10. The molecule has 2 heterocycles. The first-order valence-electron chi connectivity index (χ1n) is 13.2. The van der Waals surface area contributed by atoms with Gasteiger partial charge < -0.3 is 28.4 Å². The minimum Gasteiger partial charge on any atom is -0.492 e. The molecule has 0 bridgehead atoms. The number of benzene rings is 3. The second kappa shape index (κ2) is 11.3. The average molecular weight is 547 g/mol. The Labute approximate surface area is 234 Å². The van der Waals surface area contributed by atoms with E-state index in [1.807, 2.05) is 56.3 Å². The van der Waals surface area contributed by atoms with Gasteiger partial charge in [-0.15, -0.1) is 0 Å². The molecule has 3 aromatic rings. The van der Waals surface area contributed by atoms with Gasteiger partial charge in [0, 0.05) is 31.8 Å². The second-order valence-electron chi connectivity index (χ2n) is 10.3. The van der Waals surface area contributed by atoms with Gasteiger partial charge in [0.25, 0.3) is 0 Å². The van der Waals surface area contributed by atoms with Gasteiger partial charge in [-0.05, 0) is 59.9 Å². The Bertz CT molecular complexity index is 1440. The standard InChI is InChI=1S/C32H34O8/c1-19-11-27-30(31(34)32(40-27,17-35-3)18-36-4)20(2)29(19)22-8-6-7-21(12-22)15-38-24-9-10-25-23(13-28(33)37-5)16-39-26(25)14-24/h6-12,14,23H,13,15-18H2,1-5H3. The summed E-state index contributed by atoms with van der Waals surface area (Å²) in [5.74, 6) is 1.58. The third-order valence-corrected chi connectivity index (χ3v) is 7.57. The van der Waals surface area contributed by atoms with E-state index in [2.05, 4.69) is 6.07 Å². The fourth-order valence-corrected chi connectivity index (χ4v) is 5.72. The van der Waals surface area contributed by atoms with E-state index >= 15 is 0 Å². The number of ether oxygens (including phenoxy) is 6. The molecule has 0 aromatic heterocycles. The minimum absolute atomic E-state index is 0.0154. The highest BCUT2D eigenvalue weighted by Crippen LogP contribution is 2.43. The molecule has 210 valence electrons. The number of methoxy groups -OCH3 is 3. The van der Waals surface area contributed by atoms with Gasteiger partial charge >= 0.3 is 5.97 Å². The molecule has 1 unspecified atom stereocenters. The molecule has 2 aliphatic heterocycles. The van der Waals surface area contributed by atoms with Crippen molar-refractivity contribution in [1.29, 1.82) is 0 Å². The lowest BCUT2D eigenvalue weighted by atomic mass is 9.87. The number of fused-ring (bicyclic) bond motifs is 2. The molecule has 0 radical (unpaired) electrons. The summed E-state index contributed by atoms with van der Waals surface area (Å²) in [6.45, 7) is 4.99. The summed E-state index contributed by atoms with van der Waals surface area (Å²) >= 11 is 0. The Morgan fingerprint density at radius 2 is 1.75 bits per heavy atom. The van der Waals surface area contributed by atoms with E-state index in [4.69, 9.17) is 28.4 Å². The van der Waals surface area contributed by atoms with E-state index < -0.39 is 5.60 Å². The highest BCUT2D eigenvalue weighted by Gasteiger charge is 2.49. The van der Waals surface area contributed by atoms with Gasteiger partial charge in [0.1, 0.15) is 23.9 Å². The van der Waals surface area contributed by atoms with E-state index in [0.717, 1.165) is 39.1 Å². The maximum atomic E-state index is 13.6. The van der Waals surface area contributed by atoms with Crippen LogP contribution in [0.3, 0.4) is 0 Å². The average Bonchev–Trinajstić information content (AvgIpc) is 3.45. The molecule has 0 saturated heterocycles. The third kappa shape index (κ3) is 5.05. The first-order chi connectivity index (χ1) is 19.3. The Morgan fingerprint density at radius 3 is 2.48 bits per heavy atom. The number of hydrogen-bond acceptors (Lipinski definition) is 8. The van der Waals surface area contributed by atoms with Crippen LogP contribution >= 0.6 is 0 Å². The van der Waals surface area contributed by atoms with Crippen LogP contribution in [-0.4, -0.2) is 58.5 Å². The van der Waals surface area contributed by atoms with Crippen LogP contribution in [0, 0.1) is 13.8 Å². The quantitative estimate of drug-likeness (QED) is 0.321. The highest BCUT2D eigenvalue weighted by atomic mass is 16.6.